The molecular weight excluding hydrogens is 340 g/mol. The van der Waals surface area contributed by atoms with Crippen molar-refractivity contribution in [2.24, 2.45) is 5.92 Å². The van der Waals surface area contributed by atoms with Gasteiger partial charge in [-0.1, -0.05) is 30.3 Å². The largest absolute Gasteiger partial charge is 0.467 e. The van der Waals surface area contributed by atoms with Crippen molar-refractivity contribution in [3.05, 3.63) is 60.1 Å². The first-order valence-corrected chi connectivity index (χ1v) is 9.89. The van der Waals surface area contributed by atoms with Gasteiger partial charge >= 0.3 is 0 Å². The van der Waals surface area contributed by atoms with Crippen molar-refractivity contribution in [1.29, 1.82) is 0 Å². The van der Waals surface area contributed by atoms with Crippen LogP contribution >= 0.6 is 0 Å². The summed E-state index contributed by atoms with van der Waals surface area (Å²) in [6.07, 6.45) is 3.17. The molecule has 1 saturated heterocycles. The van der Waals surface area contributed by atoms with Crippen molar-refractivity contribution in [2.45, 2.75) is 18.9 Å². The molecule has 1 fully saturated rings. The molecule has 7 heteroatoms. The third kappa shape index (κ3) is 4.49. The van der Waals surface area contributed by atoms with Gasteiger partial charge in [0.1, 0.15) is 11.8 Å². The molecule has 0 saturated carbocycles. The highest BCUT2D eigenvalue weighted by atomic mass is 32.2. The van der Waals surface area contributed by atoms with Crippen LogP contribution in [0.25, 0.3) is 0 Å². The van der Waals surface area contributed by atoms with Crippen LogP contribution < -0.4 is 4.72 Å². The molecule has 0 aliphatic carbocycles. The highest BCUT2D eigenvalue weighted by Gasteiger charge is 2.31. The maximum Gasteiger partial charge on any atom is 0.280 e. The fourth-order valence-corrected chi connectivity index (χ4v) is 4.56. The van der Waals surface area contributed by atoms with E-state index in [9.17, 15) is 8.42 Å². The molecule has 25 heavy (non-hydrogen) atoms. The second-order valence-corrected chi connectivity index (χ2v) is 7.98. The van der Waals surface area contributed by atoms with Crippen LogP contribution in [-0.2, 0) is 14.9 Å². The van der Waals surface area contributed by atoms with E-state index in [0.29, 0.717) is 31.4 Å². The van der Waals surface area contributed by atoms with Crippen LogP contribution in [0.4, 0.5) is 0 Å². The second-order valence-electron chi connectivity index (χ2n) is 6.28. The highest BCUT2D eigenvalue weighted by molar-refractivity contribution is 7.87. The fourth-order valence-electron chi connectivity index (χ4n) is 3.17. The molecular formula is C18H24N2O4S. The van der Waals surface area contributed by atoms with Crippen LogP contribution in [0.1, 0.15) is 30.2 Å². The third-order valence-electron chi connectivity index (χ3n) is 4.54. The van der Waals surface area contributed by atoms with Crippen LogP contribution in [0.15, 0.2) is 53.1 Å². The van der Waals surface area contributed by atoms with E-state index >= 15 is 0 Å². The lowest BCUT2D eigenvalue weighted by atomic mass is 9.99. The van der Waals surface area contributed by atoms with Gasteiger partial charge < -0.3 is 9.15 Å². The van der Waals surface area contributed by atoms with E-state index in [-0.39, 0.29) is 0 Å². The zero-order valence-electron chi connectivity index (χ0n) is 14.3. The zero-order valence-corrected chi connectivity index (χ0v) is 15.1. The van der Waals surface area contributed by atoms with E-state index in [1.54, 1.807) is 25.5 Å². The number of furan rings is 1. The number of piperidine rings is 1. The summed E-state index contributed by atoms with van der Waals surface area (Å²) >= 11 is 0. The van der Waals surface area contributed by atoms with Crippen LogP contribution in [0.2, 0.25) is 0 Å². The summed E-state index contributed by atoms with van der Waals surface area (Å²) in [4.78, 5) is 0. The number of rotatable bonds is 7. The minimum absolute atomic E-state index is 0.423. The maximum absolute atomic E-state index is 12.9. The van der Waals surface area contributed by atoms with Gasteiger partial charge in [-0.25, -0.2) is 0 Å². The lowest BCUT2D eigenvalue weighted by Crippen LogP contribution is -2.46. The molecule has 1 aliphatic rings. The van der Waals surface area contributed by atoms with Gasteiger partial charge in [-0.2, -0.15) is 17.4 Å². The molecule has 1 atom stereocenters. The quantitative estimate of drug-likeness (QED) is 0.820. The number of nitrogens with one attached hydrogen (secondary N) is 1. The van der Waals surface area contributed by atoms with Crippen molar-refractivity contribution in [3.63, 3.8) is 0 Å². The molecule has 2 aromatic rings. The standard InChI is InChI=1S/C18H24N2O4S/c1-23-14-15-9-11-20(12-10-15)25(21,22)19-18(17-8-5-13-24-17)16-6-3-2-4-7-16/h2-8,13,15,18-19H,9-12,14H2,1H3/t18-/m0/s1. The minimum Gasteiger partial charge on any atom is -0.467 e. The lowest BCUT2D eigenvalue weighted by Gasteiger charge is -2.32. The number of hydrogen-bond donors (Lipinski definition) is 1. The summed E-state index contributed by atoms with van der Waals surface area (Å²) in [7, 11) is -1.93. The van der Waals surface area contributed by atoms with Crippen molar-refractivity contribution < 1.29 is 17.6 Å². The van der Waals surface area contributed by atoms with Crippen molar-refractivity contribution in [1.82, 2.24) is 9.03 Å². The molecule has 2 heterocycles. The van der Waals surface area contributed by atoms with Gasteiger partial charge in [0.15, 0.2) is 0 Å². The number of nitrogens with zero attached hydrogens (tertiary/aromatic N) is 1. The topological polar surface area (TPSA) is 71.8 Å². The van der Waals surface area contributed by atoms with Crippen LogP contribution in [0, 0.1) is 5.92 Å². The number of methoxy groups -OCH3 is 1. The Morgan fingerprint density at radius 2 is 1.92 bits per heavy atom. The molecule has 1 N–H and O–H groups in total. The van der Waals surface area contributed by atoms with Gasteiger partial charge in [0, 0.05) is 26.8 Å². The van der Waals surface area contributed by atoms with Crippen LogP contribution in [0.5, 0.6) is 0 Å². The first kappa shape index (κ1) is 18.1. The number of hydrogen-bond acceptors (Lipinski definition) is 4. The number of benzene rings is 1. The lowest BCUT2D eigenvalue weighted by molar-refractivity contribution is 0.121. The summed E-state index contributed by atoms with van der Waals surface area (Å²) in [6.45, 7) is 1.69. The zero-order chi connectivity index (χ0) is 17.7. The van der Waals surface area contributed by atoms with E-state index in [4.69, 9.17) is 9.15 Å². The molecule has 3 rings (SSSR count). The normalized spacial score (nSPS) is 18.3. The summed E-state index contributed by atoms with van der Waals surface area (Å²) in [6, 6.07) is 12.4. The summed E-state index contributed by atoms with van der Waals surface area (Å²) in [5.41, 5.74) is 0.843. The Morgan fingerprint density at radius 1 is 1.20 bits per heavy atom. The van der Waals surface area contributed by atoms with E-state index in [0.717, 1.165) is 18.4 Å². The van der Waals surface area contributed by atoms with E-state index in [2.05, 4.69) is 4.72 Å². The van der Waals surface area contributed by atoms with Crippen molar-refractivity contribution in [2.75, 3.05) is 26.8 Å². The maximum atomic E-state index is 12.9. The van der Waals surface area contributed by atoms with E-state index in [1.165, 1.54) is 4.31 Å². The van der Waals surface area contributed by atoms with Crippen molar-refractivity contribution in [3.8, 4) is 0 Å². The molecule has 6 nitrogen and oxygen atoms in total. The number of ether oxygens (including phenoxy) is 1. The summed E-state index contributed by atoms with van der Waals surface area (Å²) < 4.78 is 40.7. The summed E-state index contributed by atoms with van der Waals surface area (Å²) in [5, 5.41) is 0. The molecule has 1 aromatic heterocycles. The van der Waals surface area contributed by atoms with Gasteiger partial charge in [0.05, 0.1) is 6.26 Å². The van der Waals surface area contributed by atoms with Crippen LogP contribution in [0.3, 0.4) is 0 Å². The summed E-state index contributed by atoms with van der Waals surface area (Å²) in [5.74, 6) is 0.996. The van der Waals surface area contributed by atoms with Gasteiger partial charge in [-0.05, 0) is 36.5 Å². The van der Waals surface area contributed by atoms with Gasteiger partial charge in [-0.15, -0.1) is 0 Å². The smallest absolute Gasteiger partial charge is 0.280 e. The highest BCUT2D eigenvalue weighted by Crippen LogP contribution is 2.25. The van der Waals surface area contributed by atoms with Gasteiger partial charge in [-0.3, -0.25) is 0 Å². The molecule has 0 bridgehead atoms. The SMILES string of the molecule is COCC1CCN(S(=O)(=O)N[C@@H](c2ccccc2)c2ccco2)CC1. The average molecular weight is 364 g/mol. The Bertz CT molecular complexity index is 739. The molecule has 0 spiro atoms. The predicted octanol–water partition coefficient (Wildman–Crippen LogP) is 2.56. The Morgan fingerprint density at radius 3 is 2.52 bits per heavy atom. The Labute approximate surface area is 149 Å². The second kappa shape index (κ2) is 8.14. The Hall–Kier alpha value is -1.67. The molecule has 136 valence electrons. The Kier molecular flexibility index (Phi) is 5.90. The Balaban J connectivity index is 1.75. The average Bonchev–Trinajstić information content (AvgIpc) is 3.16. The predicted molar refractivity (Wildman–Crippen MR) is 95.2 cm³/mol. The molecule has 1 aliphatic heterocycles. The van der Waals surface area contributed by atoms with E-state index in [1.807, 2.05) is 30.3 Å². The minimum atomic E-state index is -3.61. The van der Waals surface area contributed by atoms with Gasteiger partial charge in [0.2, 0.25) is 0 Å². The fraction of sp³-hybridized carbons (Fsp3) is 0.444. The van der Waals surface area contributed by atoms with Gasteiger partial charge in [0.25, 0.3) is 10.2 Å². The molecule has 0 amide bonds. The first-order chi connectivity index (χ1) is 12.1. The first-order valence-electron chi connectivity index (χ1n) is 8.45. The molecule has 1 aromatic carbocycles. The molecule has 0 unspecified atom stereocenters. The van der Waals surface area contributed by atoms with Crippen LogP contribution in [-0.4, -0.2) is 39.5 Å². The third-order valence-corrected chi connectivity index (χ3v) is 6.12. The molecule has 0 radical (unpaired) electrons. The van der Waals surface area contributed by atoms with Crippen molar-refractivity contribution >= 4 is 10.2 Å². The monoisotopic (exact) mass is 364 g/mol. The van der Waals surface area contributed by atoms with E-state index < -0.39 is 16.3 Å².